The van der Waals surface area contributed by atoms with Crippen LogP contribution >= 0.6 is 0 Å². The molecule has 4 rings (SSSR count). The number of imide groups is 1. The highest BCUT2D eigenvalue weighted by molar-refractivity contribution is 6.11. The minimum Gasteiger partial charge on any atom is -0.343 e. The van der Waals surface area contributed by atoms with Gasteiger partial charge in [-0.3, -0.25) is 19.3 Å². The molecule has 156 valence electrons. The second-order valence-electron chi connectivity index (χ2n) is 8.25. The van der Waals surface area contributed by atoms with Crippen molar-refractivity contribution >= 4 is 17.7 Å². The maximum absolute atomic E-state index is 13.5. The fourth-order valence-corrected chi connectivity index (χ4v) is 4.49. The average molecular weight is 405 g/mol. The van der Waals surface area contributed by atoms with Crippen LogP contribution in [0.5, 0.6) is 0 Å². The van der Waals surface area contributed by atoms with Gasteiger partial charge in [-0.05, 0) is 43.4 Å². The van der Waals surface area contributed by atoms with Crippen molar-refractivity contribution in [3.8, 4) is 11.1 Å². The Morgan fingerprint density at radius 3 is 2.13 bits per heavy atom. The first kappa shape index (κ1) is 20.3. The van der Waals surface area contributed by atoms with Crippen molar-refractivity contribution < 1.29 is 14.4 Å². The van der Waals surface area contributed by atoms with Gasteiger partial charge in [-0.25, -0.2) is 0 Å². The normalized spacial score (nSPS) is 21.2. The molecule has 30 heavy (non-hydrogen) atoms. The Kier molecular flexibility index (Phi) is 5.46. The zero-order valence-corrected chi connectivity index (χ0v) is 17.6. The molecule has 0 N–H and O–H groups in total. The molecule has 2 fully saturated rings. The lowest BCUT2D eigenvalue weighted by Gasteiger charge is -2.30. The molecule has 1 saturated heterocycles. The largest absolute Gasteiger partial charge is 0.343 e. The third-order valence-corrected chi connectivity index (χ3v) is 6.38. The number of hydrogen-bond donors (Lipinski definition) is 0. The Morgan fingerprint density at radius 2 is 1.57 bits per heavy atom. The number of hydrogen-bond acceptors (Lipinski definition) is 3. The molecule has 2 aromatic rings. The van der Waals surface area contributed by atoms with Gasteiger partial charge in [-0.2, -0.15) is 0 Å². The van der Waals surface area contributed by atoms with Crippen molar-refractivity contribution in [3.05, 3.63) is 60.2 Å². The second kappa shape index (κ2) is 8.05. The predicted molar refractivity (Wildman–Crippen MR) is 116 cm³/mol. The highest BCUT2D eigenvalue weighted by Crippen LogP contribution is 2.44. The zero-order chi connectivity index (χ0) is 21.3. The number of carbonyl (C=O) groups excluding carboxylic acids is 3. The first-order chi connectivity index (χ1) is 14.5. The van der Waals surface area contributed by atoms with Gasteiger partial charge in [0.25, 0.3) is 0 Å². The van der Waals surface area contributed by atoms with Crippen LogP contribution in [0.25, 0.3) is 11.1 Å². The van der Waals surface area contributed by atoms with Gasteiger partial charge >= 0.3 is 0 Å². The van der Waals surface area contributed by atoms with Crippen LogP contribution in [0.1, 0.15) is 45.1 Å². The van der Waals surface area contributed by atoms with E-state index in [9.17, 15) is 14.4 Å². The number of likely N-dealkylation sites (tertiary alicyclic amines) is 1. The topological polar surface area (TPSA) is 57.7 Å². The van der Waals surface area contributed by atoms with Crippen molar-refractivity contribution in [2.75, 3.05) is 13.1 Å². The lowest BCUT2D eigenvalue weighted by atomic mass is 9.75. The SMILES string of the molecule is CCN(CC)C(=O)C[C@]1(c2ccc(-c3ccccc3)cc2)CC(=O)N(C2CC2)C1=O. The zero-order valence-electron chi connectivity index (χ0n) is 17.6. The number of carbonyl (C=O) groups is 3. The lowest BCUT2D eigenvalue weighted by molar-refractivity contribution is -0.143. The first-order valence-corrected chi connectivity index (χ1v) is 10.8. The summed E-state index contributed by atoms with van der Waals surface area (Å²) in [4.78, 5) is 42.5. The summed E-state index contributed by atoms with van der Waals surface area (Å²) < 4.78 is 0. The summed E-state index contributed by atoms with van der Waals surface area (Å²) in [5.41, 5.74) is 1.78. The molecule has 1 aliphatic carbocycles. The highest BCUT2D eigenvalue weighted by Gasteiger charge is 2.57. The molecular formula is C25H28N2O3. The quantitative estimate of drug-likeness (QED) is 0.660. The van der Waals surface area contributed by atoms with E-state index in [4.69, 9.17) is 0 Å². The van der Waals surface area contributed by atoms with Crippen LogP contribution in [0, 0.1) is 0 Å². The van der Waals surface area contributed by atoms with E-state index in [0.29, 0.717) is 13.1 Å². The van der Waals surface area contributed by atoms with Crippen molar-refractivity contribution in [3.63, 3.8) is 0 Å². The molecule has 0 bridgehead atoms. The van der Waals surface area contributed by atoms with Crippen LogP contribution in [0.4, 0.5) is 0 Å². The Balaban J connectivity index is 1.71. The van der Waals surface area contributed by atoms with Gasteiger partial charge in [-0.15, -0.1) is 0 Å². The summed E-state index contributed by atoms with van der Waals surface area (Å²) in [6.45, 7) is 5.04. The molecular weight excluding hydrogens is 376 g/mol. The van der Waals surface area contributed by atoms with Crippen LogP contribution in [-0.4, -0.2) is 46.7 Å². The smallest absolute Gasteiger partial charge is 0.241 e. The van der Waals surface area contributed by atoms with E-state index in [1.165, 1.54) is 4.90 Å². The number of rotatable bonds is 7. The molecule has 1 atom stereocenters. The minimum absolute atomic E-state index is 0.0130. The van der Waals surface area contributed by atoms with Gasteiger partial charge in [-0.1, -0.05) is 54.6 Å². The molecule has 2 aliphatic rings. The van der Waals surface area contributed by atoms with Crippen LogP contribution < -0.4 is 0 Å². The Hall–Kier alpha value is -2.95. The van der Waals surface area contributed by atoms with E-state index in [2.05, 4.69) is 0 Å². The molecule has 1 heterocycles. The van der Waals surface area contributed by atoms with Crippen molar-refractivity contribution in [2.45, 2.75) is 51.0 Å². The lowest BCUT2D eigenvalue weighted by Crippen LogP contribution is -2.44. The Morgan fingerprint density at radius 1 is 0.967 bits per heavy atom. The molecule has 0 aromatic heterocycles. The Bertz CT molecular complexity index is 946. The van der Waals surface area contributed by atoms with Crippen molar-refractivity contribution in [1.29, 1.82) is 0 Å². The van der Waals surface area contributed by atoms with E-state index in [1.54, 1.807) is 4.90 Å². The Labute approximate surface area is 177 Å². The summed E-state index contributed by atoms with van der Waals surface area (Å²) in [6.07, 6.45) is 1.84. The predicted octanol–water partition coefficient (Wildman–Crippen LogP) is 3.77. The fraction of sp³-hybridized carbons (Fsp3) is 0.400. The van der Waals surface area contributed by atoms with Crippen LogP contribution in [0.2, 0.25) is 0 Å². The molecule has 1 aliphatic heterocycles. The molecule has 0 unspecified atom stereocenters. The van der Waals surface area contributed by atoms with E-state index >= 15 is 0 Å². The summed E-state index contributed by atoms with van der Waals surface area (Å²) in [5, 5.41) is 0. The third-order valence-electron chi connectivity index (χ3n) is 6.38. The monoisotopic (exact) mass is 404 g/mol. The van der Waals surface area contributed by atoms with Crippen LogP contribution in [-0.2, 0) is 19.8 Å². The maximum atomic E-state index is 13.5. The van der Waals surface area contributed by atoms with Crippen molar-refractivity contribution in [1.82, 2.24) is 9.80 Å². The van der Waals surface area contributed by atoms with Crippen molar-refractivity contribution in [2.24, 2.45) is 0 Å². The van der Waals surface area contributed by atoms with Gasteiger partial charge in [0.1, 0.15) is 0 Å². The molecule has 0 radical (unpaired) electrons. The summed E-state index contributed by atoms with van der Waals surface area (Å²) in [6, 6.07) is 17.8. The van der Waals surface area contributed by atoms with E-state index < -0.39 is 5.41 Å². The molecule has 5 heteroatoms. The number of amides is 3. The first-order valence-electron chi connectivity index (χ1n) is 10.8. The molecule has 5 nitrogen and oxygen atoms in total. The number of benzene rings is 2. The average Bonchev–Trinajstić information content (AvgIpc) is 3.56. The van der Waals surface area contributed by atoms with E-state index in [1.807, 2.05) is 68.4 Å². The van der Waals surface area contributed by atoms with Gasteiger partial charge in [0.15, 0.2) is 0 Å². The third kappa shape index (κ3) is 3.53. The molecule has 3 amide bonds. The van der Waals surface area contributed by atoms with Gasteiger partial charge in [0.2, 0.25) is 17.7 Å². The molecule has 0 spiro atoms. The van der Waals surface area contributed by atoms with E-state index in [-0.39, 0.29) is 36.6 Å². The maximum Gasteiger partial charge on any atom is 0.241 e. The van der Waals surface area contributed by atoms with Gasteiger partial charge < -0.3 is 4.90 Å². The summed E-state index contributed by atoms with van der Waals surface area (Å²) in [5.74, 6) is -0.434. The van der Waals surface area contributed by atoms with Crippen LogP contribution in [0.15, 0.2) is 54.6 Å². The van der Waals surface area contributed by atoms with E-state index in [0.717, 1.165) is 29.5 Å². The van der Waals surface area contributed by atoms with Crippen LogP contribution in [0.3, 0.4) is 0 Å². The summed E-state index contributed by atoms with van der Waals surface area (Å²) in [7, 11) is 0. The standard InChI is InChI=1S/C25H28N2O3/c1-3-26(4-2)22(28)16-25(17-23(29)27(24(25)30)21-14-15-21)20-12-10-19(11-13-20)18-8-6-5-7-9-18/h5-13,21H,3-4,14-17H2,1-2H3/t25-/m1/s1. The minimum atomic E-state index is -1.10. The fourth-order valence-electron chi connectivity index (χ4n) is 4.49. The van der Waals surface area contributed by atoms with Gasteiger partial charge in [0, 0.05) is 32.0 Å². The number of nitrogens with zero attached hydrogens (tertiary/aromatic N) is 2. The second-order valence-corrected chi connectivity index (χ2v) is 8.25. The summed E-state index contributed by atoms with van der Waals surface area (Å²) >= 11 is 0. The molecule has 1 saturated carbocycles. The highest BCUT2D eigenvalue weighted by atomic mass is 16.2. The van der Waals surface area contributed by atoms with Gasteiger partial charge in [0.05, 0.1) is 5.41 Å². The molecule has 2 aromatic carbocycles.